The van der Waals surface area contributed by atoms with Crippen molar-refractivity contribution in [3.63, 3.8) is 0 Å². The molecule has 0 amide bonds. The Balaban J connectivity index is 2.16. The fourth-order valence-corrected chi connectivity index (χ4v) is 0.851. The van der Waals surface area contributed by atoms with E-state index in [-0.39, 0.29) is 0 Å². The van der Waals surface area contributed by atoms with Crippen molar-refractivity contribution >= 4 is 5.82 Å². The molecule has 1 rings (SSSR count). The summed E-state index contributed by atoms with van der Waals surface area (Å²) in [5.41, 5.74) is 0. The molecule has 0 aromatic carbocycles. The van der Waals surface area contributed by atoms with Crippen molar-refractivity contribution in [3.05, 3.63) is 18.6 Å². The van der Waals surface area contributed by atoms with Gasteiger partial charge in [-0.05, 0) is 12.6 Å². The van der Waals surface area contributed by atoms with Gasteiger partial charge in [-0.2, -0.15) is 0 Å². The molecule has 4 heteroatoms. The van der Waals surface area contributed by atoms with Crippen LogP contribution in [0.2, 0.25) is 0 Å². The maximum atomic E-state index is 4.03. The molecule has 0 aliphatic carbocycles. The zero-order valence-electron chi connectivity index (χ0n) is 7.25. The molecule has 2 N–H and O–H groups in total. The van der Waals surface area contributed by atoms with E-state index in [1.165, 1.54) is 6.33 Å². The highest BCUT2D eigenvalue weighted by molar-refractivity contribution is 5.31. The summed E-state index contributed by atoms with van der Waals surface area (Å²) in [6.45, 7) is 4.95. The Morgan fingerprint density at radius 2 is 2.33 bits per heavy atom. The van der Waals surface area contributed by atoms with Crippen molar-refractivity contribution in [2.45, 2.75) is 6.92 Å². The zero-order chi connectivity index (χ0) is 8.65. The minimum absolute atomic E-state index is 0.878. The third kappa shape index (κ3) is 3.30. The minimum atomic E-state index is 0.878. The van der Waals surface area contributed by atoms with Crippen LogP contribution in [0.15, 0.2) is 18.6 Å². The second-order valence-electron chi connectivity index (χ2n) is 2.37. The molecule has 0 radical (unpaired) electrons. The molecule has 0 saturated carbocycles. The summed E-state index contributed by atoms with van der Waals surface area (Å²) >= 11 is 0. The molecule has 0 aliphatic rings. The van der Waals surface area contributed by atoms with Gasteiger partial charge >= 0.3 is 0 Å². The predicted octanol–water partition coefficient (Wildman–Crippen LogP) is 0.498. The van der Waals surface area contributed by atoms with Gasteiger partial charge in [0.2, 0.25) is 0 Å². The fraction of sp³-hybridized carbons (Fsp3) is 0.500. The summed E-state index contributed by atoms with van der Waals surface area (Å²) in [7, 11) is 0. The number of nitrogens with zero attached hydrogens (tertiary/aromatic N) is 2. The van der Waals surface area contributed by atoms with Gasteiger partial charge in [0.05, 0.1) is 0 Å². The highest BCUT2D eigenvalue weighted by atomic mass is 15.0. The van der Waals surface area contributed by atoms with Crippen molar-refractivity contribution < 1.29 is 0 Å². The average molecular weight is 166 g/mol. The first kappa shape index (κ1) is 8.93. The molecule has 1 aromatic rings. The molecule has 4 nitrogen and oxygen atoms in total. The second-order valence-corrected chi connectivity index (χ2v) is 2.37. The van der Waals surface area contributed by atoms with Gasteiger partial charge in [0, 0.05) is 19.3 Å². The normalized spacial score (nSPS) is 9.75. The smallest absolute Gasteiger partial charge is 0.129 e. The molecule has 0 aliphatic heterocycles. The Hall–Kier alpha value is -1.16. The Morgan fingerprint density at radius 1 is 1.42 bits per heavy atom. The van der Waals surface area contributed by atoms with Gasteiger partial charge < -0.3 is 10.6 Å². The quantitative estimate of drug-likeness (QED) is 0.625. The van der Waals surface area contributed by atoms with Crippen molar-refractivity contribution in [2.75, 3.05) is 25.0 Å². The van der Waals surface area contributed by atoms with Crippen molar-refractivity contribution in [2.24, 2.45) is 0 Å². The van der Waals surface area contributed by atoms with E-state index in [0.29, 0.717) is 0 Å². The largest absolute Gasteiger partial charge is 0.369 e. The van der Waals surface area contributed by atoms with Gasteiger partial charge in [0.25, 0.3) is 0 Å². The van der Waals surface area contributed by atoms with Crippen LogP contribution in [-0.2, 0) is 0 Å². The minimum Gasteiger partial charge on any atom is -0.369 e. The number of likely N-dealkylation sites (N-methyl/N-ethyl adjacent to an activating group) is 1. The van der Waals surface area contributed by atoms with E-state index in [4.69, 9.17) is 0 Å². The van der Waals surface area contributed by atoms with Crippen LogP contribution in [0.5, 0.6) is 0 Å². The molecular weight excluding hydrogens is 152 g/mol. The van der Waals surface area contributed by atoms with Gasteiger partial charge in [0.15, 0.2) is 0 Å². The molecule has 0 saturated heterocycles. The Morgan fingerprint density at radius 3 is 3.00 bits per heavy atom. The van der Waals surface area contributed by atoms with E-state index in [0.717, 1.165) is 25.5 Å². The fourth-order valence-electron chi connectivity index (χ4n) is 0.851. The third-order valence-electron chi connectivity index (χ3n) is 1.44. The van der Waals surface area contributed by atoms with Gasteiger partial charge in [-0.1, -0.05) is 6.92 Å². The van der Waals surface area contributed by atoms with Crippen LogP contribution in [0.4, 0.5) is 5.82 Å². The van der Waals surface area contributed by atoms with Crippen LogP contribution < -0.4 is 10.6 Å². The van der Waals surface area contributed by atoms with Crippen LogP contribution in [0.3, 0.4) is 0 Å². The van der Waals surface area contributed by atoms with E-state index in [1.807, 2.05) is 6.07 Å². The summed E-state index contributed by atoms with van der Waals surface area (Å²) in [6.07, 6.45) is 3.26. The molecule has 1 aromatic heterocycles. The number of hydrogen-bond acceptors (Lipinski definition) is 4. The lowest BCUT2D eigenvalue weighted by atomic mass is 10.5. The molecule has 0 bridgehead atoms. The Labute approximate surface area is 72.4 Å². The number of hydrogen-bond donors (Lipinski definition) is 2. The Kier molecular flexibility index (Phi) is 4.08. The van der Waals surface area contributed by atoms with Crippen LogP contribution in [-0.4, -0.2) is 29.6 Å². The van der Waals surface area contributed by atoms with Crippen LogP contribution in [0.25, 0.3) is 0 Å². The third-order valence-corrected chi connectivity index (χ3v) is 1.44. The lowest BCUT2D eigenvalue weighted by molar-refractivity contribution is 0.737. The molecule has 0 unspecified atom stereocenters. The molecule has 66 valence electrons. The van der Waals surface area contributed by atoms with E-state index >= 15 is 0 Å². The van der Waals surface area contributed by atoms with Crippen molar-refractivity contribution in [1.82, 2.24) is 15.3 Å². The zero-order valence-corrected chi connectivity index (χ0v) is 7.25. The van der Waals surface area contributed by atoms with Gasteiger partial charge in [-0.3, -0.25) is 0 Å². The molecule has 1 heterocycles. The molecule has 0 fully saturated rings. The molecule has 0 spiro atoms. The first-order valence-corrected chi connectivity index (χ1v) is 4.14. The summed E-state index contributed by atoms with van der Waals surface area (Å²) < 4.78 is 0. The number of rotatable bonds is 5. The van der Waals surface area contributed by atoms with E-state index in [9.17, 15) is 0 Å². The summed E-state index contributed by atoms with van der Waals surface area (Å²) in [5, 5.41) is 6.38. The SMILES string of the molecule is CCNCCNc1ccncn1. The molecule has 0 atom stereocenters. The highest BCUT2D eigenvalue weighted by Crippen LogP contribution is 1.95. The summed E-state index contributed by atoms with van der Waals surface area (Å²) in [4.78, 5) is 7.85. The second kappa shape index (κ2) is 5.49. The maximum Gasteiger partial charge on any atom is 0.129 e. The first-order chi connectivity index (χ1) is 5.93. The lowest BCUT2D eigenvalue weighted by Crippen LogP contribution is -2.21. The number of nitrogens with one attached hydrogen (secondary N) is 2. The first-order valence-electron chi connectivity index (χ1n) is 4.14. The van der Waals surface area contributed by atoms with E-state index < -0.39 is 0 Å². The van der Waals surface area contributed by atoms with Crippen molar-refractivity contribution in [1.29, 1.82) is 0 Å². The molecule has 12 heavy (non-hydrogen) atoms. The van der Waals surface area contributed by atoms with Gasteiger partial charge in [-0.25, -0.2) is 9.97 Å². The summed E-state index contributed by atoms with van der Waals surface area (Å²) in [6, 6.07) is 1.85. The average Bonchev–Trinajstić information content (AvgIpc) is 2.14. The highest BCUT2D eigenvalue weighted by Gasteiger charge is 1.88. The summed E-state index contributed by atoms with van der Waals surface area (Å²) in [5.74, 6) is 0.878. The maximum absolute atomic E-state index is 4.03. The molecular formula is C8H14N4. The van der Waals surface area contributed by atoms with Crippen molar-refractivity contribution in [3.8, 4) is 0 Å². The van der Waals surface area contributed by atoms with Crippen LogP contribution in [0, 0.1) is 0 Å². The van der Waals surface area contributed by atoms with E-state index in [2.05, 4.69) is 27.5 Å². The number of aromatic nitrogens is 2. The van der Waals surface area contributed by atoms with Crippen LogP contribution in [0.1, 0.15) is 6.92 Å². The number of anilines is 1. The predicted molar refractivity (Wildman–Crippen MR) is 49.1 cm³/mol. The lowest BCUT2D eigenvalue weighted by Gasteiger charge is -2.04. The topological polar surface area (TPSA) is 49.8 Å². The monoisotopic (exact) mass is 166 g/mol. The van der Waals surface area contributed by atoms with Gasteiger partial charge in [-0.15, -0.1) is 0 Å². The van der Waals surface area contributed by atoms with E-state index in [1.54, 1.807) is 6.20 Å². The standard InChI is InChI=1S/C8H14N4/c1-2-9-5-6-11-8-3-4-10-7-12-8/h3-4,7,9H,2,5-6H2,1H3,(H,10,11,12). The van der Waals surface area contributed by atoms with Crippen LogP contribution >= 0.6 is 0 Å². The van der Waals surface area contributed by atoms with Gasteiger partial charge in [0.1, 0.15) is 12.1 Å². The Bertz CT molecular complexity index is 199.